The van der Waals surface area contributed by atoms with Gasteiger partial charge in [-0.1, -0.05) is 69.9 Å². The third kappa shape index (κ3) is 6.83. The molecule has 192 valence electrons. The van der Waals surface area contributed by atoms with Crippen molar-refractivity contribution in [3.05, 3.63) is 41.5 Å². The van der Waals surface area contributed by atoms with E-state index in [1.807, 2.05) is 70.8 Å². The van der Waals surface area contributed by atoms with Crippen molar-refractivity contribution in [1.82, 2.24) is 9.80 Å². The van der Waals surface area contributed by atoms with Crippen molar-refractivity contribution in [3.8, 4) is 0 Å². The maximum Gasteiger partial charge on any atom is 0.245 e. The number of allylic oxidation sites excluding steroid dienone is 2. The minimum Gasteiger partial charge on any atom is -0.341 e. The van der Waals surface area contributed by atoms with Crippen LogP contribution in [0.5, 0.6) is 0 Å². The summed E-state index contributed by atoms with van der Waals surface area (Å²) in [7, 11) is 1.91. The summed E-state index contributed by atoms with van der Waals surface area (Å²) < 4.78 is 0. The third-order valence-corrected chi connectivity index (χ3v) is 7.92. The third-order valence-electron chi connectivity index (χ3n) is 7.92. The van der Waals surface area contributed by atoms with Crippen LogP contribution in [0.25, 0.3) is 5.57 Å². The van der Waals surface area contributed by atoms with Gasteiger partial charge in [-0.15, -0.1) is 0 Å². The smallest absolute Gasteiger partial charge is 0.245 e. The van der Waals surface area contributed by atoms with E-state index in [0.29, 0.717) is 13.0 Å². The molecule has 1 heterocycles. The van der Waals surface area contributed by atoms with Gasteiger partial charge >= 0.3 is 0 Å². The zero-order chi connectivity index (χ0) is 25.8. The van der Waals surface area contributed by atoms with Crippen LogP contribution in [0, 0.1) is 18.3 Å². The van der Waals surface area contributed by atoms with Crippen LogP contribution < -0.4 is 0 Å². The predicted octanol–water partition coefficient (Wildman–Crippen LogP) is 5.80. The van der Waals surface area contributed by atoms with Crippen LogP contribution in [0.3, 0.4) is 0 Å². The molecule has 1 saturated carbocycles. The van der Waals surface area contributed by atoms with Gasteiger partial charge in [0.25, 0.3) is 0 Å². The second kappa shape index (κ2) is 11.5. The fraction of sp³-hybridized carbons (Fsp3) is 0.633. The van der Waals surface area contributed by atoms with E-state index in [1.165, 1.54) is 24.8 Å². The average Bonchev–Trinajstić information content (AvgIpc) is 3.31. The number of likely N-dealkylation sites (N-methyl/N-ethyl adjacent to an activating group) is 1. The van der Waals surface area contributed by atoms with Gasteiger partial charge in [-0.2, -0.15) is 0 Å². The number of hydrogen-bond donors (Lipinski definition) is 0. The number of rotatable bonds is 7. The number of hydrogen-bond acceptors (Lipinski definition) is 3. The fourth-order valence-electron chi connectivity index (χ4n) is 5.54. The van der Waals surface area contributed by atoms with Crippen LogP contribution in [0.2, 0.25) is 0 Å². The van der Waals surface area contributed by atoms with Gasteiger partial charge in [-0.25, -0.2) is 0 Å². The first kappa shape index (κ1) is 27.2. The average molecular weight is 481 g/mol. The fourth-order valence-corrected chi connectivity index (χ4v) is 5.54. The summed E-state index contributed by atoms with van der Waals surface area (Å²) in [6.45, 7) is 10.6. The molecule has 0 unspecified atom stereocenters. The van der Waals surface area contributed by atoms with Gasteiger partial charge in [0.15, 0.2) is 5.78 Å². The molecule has 1 aliphatic carbocycles. The van der Waals surface area contributed by atoms with Crippen LogP contribution >= 0.6 is 0 Å². The van der Waals surface area contributed by atoms with Crippen molar-refractivity contribution in [2.75, 3.05) is 13.6 Å². The molecule has 2 atom stereocenters. The number of carbonyl (C=O) groups excluding carboxylic acids is 3. The Morgan fingerprint density at radius 2 is 1.66 bits per heavy atom. The second-order valence-corrected chi connectivity index (χ2v) is 11.7. The quantitative estimate of drug-likeness (QED) is 0.463. The molecule has 0 radical (unpaired) electrons. The first-order chi connectivity index (χ1) is 16.5. The molecule has 0 spiro atoms. The lowest BCUT2D eigenvalue weighted by Gasteiger charge is -2.38. The van der Waals surface area contributed by atoms with Crippen molar-refractivity contribution in [2.45, 2.75) is 98.1 Å². The minimum absolute atomic E-state index is 0.0438. The van der Waals surface area contributed by atoms with E-state index < -0.39 is 12.0 Å². The highest BCUT2D eigenvalue weighted by atomic mass is 16.2. The second-order valence-electron chi connectivity index (χ2n) is 11.7. The van der Waals surface area contributed by atoms with Gasteiger partial charge in [0.2, 0.25) is 11.8 Å². The predicted molar refractivity (Wildman–Crippen MR) is 142 cm³/mol. The van der Waals surface area contributed by atoms with E-state index in [2.05, 4.69) is 0 Å². The van der Waals surface area contributed by atoms with Crippen molar-refractivity contribution in [1.29, 1.82) is 0 Å². The number of nitrogens with zero attached hydrogens (tertiary/aromatic N) is 2. The summed E-state index contributed by atoms with van der Waals surface area (Å²) in [6.07, 6.45) is 9.03. The lowest BCUT2D eigenvalue weighted by atomic mass is 9.76. The molecule has 35 heavy (non-hydrogen) atoms. The molecule has 3 rings (SSSR count). The molecule has 0 aromatic heterocycles. The van der Waals surface area contributed by atoms with Crippen molar-refractivity contribution < 1.29 is 14.4 Å². The summed E-state index contributed by atoms with van der Waals surface area (Å²) in [6, 6.07) is 7.98. The van der Waals surface area contributed by atoms with Gasteiger partial charge in [0, 0.05) is 26.1 Å². The van der Waals surface area contributed by atoms with Crippen LogP contribution in [0.1, 0.15) is 90.2 Å². The Bertz CT molecular complexity index is 935. The Balaban J connectivity index is 1.73. The van der Waals surface area contributed by atoms with E-state index in [4.69, 9.17) is 0 Å². The molecule has 1 saturated heterocycles. The van der Waals surface area contributed by atoms with E-state index in [0.717, 1.165) is 30.4 Å². The highest BCUT2D eigenvalue weighted by Crippen LogP contribution is 2.34. The van der Waals surface area contributed by atoms with Crippen LogP contribution in [0.15, 0.2) is 30.3 Å². The number of ketones is 1. The first-order valence-corrected chi connectivity index (χ1v) is 13.3. The maximum absolute atomic E-state index is 13.8. The van der Waals surface area contributed by atoms with Crippen LogP contribution in [0.4, 0.5) is 0 Å². The largest absolute Gasteiger partial charge is 0.341 e. The van der Waals surface area contributed by atoms with Crippen LogP contribution in [-0.4, -0.2) is 53.1 Å². The molecule has 5 heteroatoms. The van der Waals surface area contributed by atoms with E-state index in [-0.39, 0.29) is 35.5 Å². The Morgan fingerprint density at radius 1 is 1.03 bits per heavy atom. The van der Waals surface area contributed by atoms with E-state index in [1.54, 1.807) is 11.0 Å². The summed E-state index contributed by atoms with van der Waals surface area (Å²) in [5.41, 5.74) is 2.70. The number of benzene rings is 1. The number of aryl methyl sites for hydroxylation is 1. The summed E-state index contributed by atoms with van der Waals surface area (Å²) >= 11 is 0. The minimum atomic E-state index is -0.467. The molecule has 1 aromatic carbocycles. The molecule has 1 aromatic rings. The molecule has 0 N–H and O–H groups in total. The number of amides is 2. The van der Waals surface area contributed by atoms with Gasteiger partial charge in [-0.05, 0) is 62.2 Å². The number of carbonyl (C=O) groups is 3. The van der Waals surface area contributed by atoms with Gasteiger partial charge in [-0.3, -0.25) is 14.4 Å². The Morgan fingerprint density at radius 3 is 2.26 bits per heavy atom. The molecule has 2 aliphatic rings. The van der Waals surface area contributed by atoms with E-state index in [9.17, 15) is 14.4 Å². The molecule has 0 bridgehead atoms. The summed E-state index contributed by atoms with van der Waals surface area (Å²) in [5.74, 6) is -0.500. The molecule has 1 aliphatic heterocycles. The Kier molecular flexibility index (Phi) is 8.95. The van der Waals surface area contributed by atoms with Gasteiger partial charge < -0.3 is 9.80 Å². The summed E-state index contributed by atoms with van der Waals surface area (Å²) in [4.78, 5) is 44.0. The maximum atomic E-state index is 13.8. The number of likely N-dealkylation sites (tertiary alicyclic amines) is 1. The lowest BCUT2D eigenvalue weighted by Crippen LogP contribution is -2.52. The Labute approximate surface area is 211 Å². The lowest BCUT2D eigenvalue weighted by molar-refractivity contribution is -0.149. The van der Waals surface area contributed by atoms with Crippen molar-refractivity contribution in [2.24, 2.45) is 11.3 Å². The Hall–Kier alpha value is -2.43. The molecular weight excluding hydrogens is 436 g/mol. The van der Waals surface area contributed by atoms with E-state index >= 15 is 0 Å². The molecule has 2 fully saturated rings. The van der Waals surface area contributed by atoms with Crippen LogP contribution in [-0.2, 0) is 14.4 Å². The monoisotopic (exact) mass is 480 g/mol. The van der Waals surface area contributed by atoms with Crippen molar-refractivity contribution >= 4 is 23.2 Å². The van der Waals surface area contributed by atoms with Gasteiger partial charge in [0.05, 0.1) is 5.92 Å². The normalized spacial score (nSPS) is 20.6. The molecule has 5 nitrogen and oxygen atoms in total. The summed E-state index contributed by atoms with van der Waals surface area (Å²) in [5, 5.41) is 0. The SMILES string of the molecule is C/C(=C\C(=O)C[C@H](C(=O)N1CCC[C@H]1C(=O)N(C)C1CCCCC1)C(C)(C)C)c1ccc(C)cc1. The zero-order valence-corrected chi connectivity index (χ0v) is 22.6. The highest BCUT2D eigenvalue weighted by molar-refractivity contribution is 5.99. The molecule has 2 amide bonds. The highest BCUT2D eigenvalue weighted by Gasteiger charge is 2.43. The van der Waals surface area contributed by atoms with Gasteiger partial charge in [0.1, 0.15) is 6.04 Å². The van der Waals surface area contributed by atoms with Crippen molar-refractivity contribution in [3.63, 3.8) is 0 Å². The topological polar surface area (TPSA) is 57.7 Å². The molecular formula is C30H44N2O3. The standard InChI is InChI=1S/C30H44N2O3/c1-21-14-16-23(17-15-21)22(2)19-25(33)20-26(30(3,4)5)28(34)32-18-10-13-27(32)29(35)31(6)24-11-8-7-9-12-24/h14-17,19,24,26-27H,7-13,18,20H2,1-6H3/b22-19+/t26-,27+/m1/s1. The first-order valence-electron chi connectivity index (χ1n) is 13.3. The zero-order valence-electron chi connectivity index (χ0n) is 22.6.